The van der Waals surface area contributed by atoms with Gasteiger partial charge in [0.15, 0.2) is 0 Å². The van der Waals surface area contributed by atoms with E-state index >= 15 is 0 Å². The first kappa shape index (κ1) is 15.8. The average Bonchev–Trinajstić information content (AvgIpc) is 2.47. The quantitative estimate of drug-likeness (QED) is 0.927. The summed E-state index contributed by atoms with van der Waals surface area (Å²) in [6.07, 6.45) is 4.72. The fourth-order valence-electron chi connectivity index (χ4n) is 2.47. The molecule has 1 aliphatic rings. The molecule has 1 aromatic carbocycles. The van der Waals surface area contributed by atoms with E-state index in [9.17, 15) is 9.00 Å². The molecule has 1 heterocycles. The predicted octanol–water partition coefficient (Wildman–Crippen LogP) is 2.25. The van der Waals surface area contributed by atoms with Crippen LogP contribution in [0.15, 0.2) is 36.4 Å². The highest BCUT2D eigenvalue weighted by molar-refractivity contribution is 7.84. The number of nitrogens with one attached hydrogen (secondary N) is 1. The highest BCUT2D eigenvalue weighted by Gasteiger charge is 2.20. The zero-order chi connectivity index (χ0) is 15.2. The van der Waals surface area contributed by atoms with E-state index in [2.05, 4.69) is 23.5 Å². The van der Waals surface area contributed by atoms with Gasteiger partial charge in [-0.05, 0) is 24.5 Å². The van der Waals surface area contributed by atoms with Crippen molar-refractivity contribution in [2.75, 3.05) is 25.1 Å². The Labute approximate surface area is 128 Å². The Hall–Kier alpha value is -1.62. The van der Waals surface area contributed by atoms with Crippen molar-refractivity contribution in [2.45, 2.75) is 19.4 Å². The first-order valence-electron chi connectivity index (χ1n) is 7.16. The minimum Gasteiger partial charge on any atom is -0.335 e. The Morgan fingerprint density at radius 1 is 1.38 bits per heavy atom. The van der Waals surface area contributed by atoms with Gasteiger partial charge < -0.3 is 10.2 Å². The van der Waals surface area contributed by atoms with Crippen LogP contribution in [-0.2, 0) is 10.8 Å². The van der Waals surface area contributed by atoms with Crippen LogP contribution in [0, 0.1) is 0 Å². The second-order valence-electron chi connectivity index (χ2n) is 5.40. The molecule has 0 spiro atoms. The number of amides is 2. The zero-order valence-electron chi connectivity index (χ0n) is 12.5. The molecular formula is C16H22N2O2S. The van der Waals surface area contributed by atoms with Crippen LogP contribution in [0.4, 0.5) is 4.79 Å². The third-order valence-electron chi connectivity index (χ3n) is 3.44. The predicted molar refractivity (Wildman–Crippen MR) is 87.5 cm³/mol. The van der Waals surface area contributed by atoms with Gasteiger partial charge in [0.05, 0.1) is 0 Å². The lowest BCUT2D eigenvalue weighted by atomic mass is 10.0. The number of urea groups is 1. The fourth-order valence-corrected chi connectivity index (χ4v) is 3.26. The first-order valence-corrected chi connectivity index (χ1v) is 8.89. The summed E-state index contributed by atoms with van der Waals surface area (Å²) in [6, 6.07) is 9.99. The van der Waals surface area contributed by atoms with E-state index in [0.29, 0.717) is 12.3 Å². The van der Waals surface area contributed by atoms with Crippen LogP contribution in [0.25, 0.3) is 5.57 Å². The average molecular weight is 306 g/mol. The highest BCUT2D eigenvalue weighted by atomic mass is 32.2. The summed E-state index contributed by atoms with van der Waals surface area (Å²) in [6.45, 7) is 3.24. The maximum absolute atomic E-state index is 12.3. The number of carbonyl (C=O) groups excluding carboxylic acids is 1. The molecule has 114 valence electrons. The van der Waals surface area contributed by atoms with Crippen molar-refractivity contribution in [3.63, 3.8) is 0 Å². The molecule has 0 saturated carbocycles. The summed E-state index contributed by atoms with van der Waals surface area (Å²) < 4.78 is 11.2. The van der Waals surface area contributed by atoms with E-state index in [1.54, 1.807) is 6.26 Å². The van der Waals surface area contributed by atoms with Crippen LogP contribution in [0.1, 0.15) is 18.9 Å². The molecule has 2 rings (SSSR count). The lowest BCUT2D eigenvalue weighted by Crippen LogP contribution is -2.47. The number of hydrogen-bond acceptors (Lipinski definition) is 2. The molecule has 0 bridgehead atoms. The van der Waals surface area contributed by atoms with Gasteiger partial charge in [-0.25, -0.2) is 4.79 Å². The van der Waals surface area contributed by atoms with Crippen molar-refractivity contribution in [2.24, 2.45) is 0 Å². The SMILES string of the molecule is C[C@@H](C[S@](C)=O)NC(=O)N1CCC=C(c2ccccc2)C1. The molecule has 1 N–H and O–H groups in total. The van der Waals surface area contributed by atoms with Crippen LogP contribution in [0.3, 0.4) is 0 Å². The van der Waals surface area contributed by atoms with Crippen molar-refractivity contribution in [1.29, 1.82) is 0 Å². The summed E-state index contributed by atoms with van der Waals surface area (Å²) in [5.41, 5.74) is 2.35. The summed E-state index contributed by atoms with van der Waals surface area (Å²) in [5, 5.41) is 2.92. The van der Waals surface area contributed by atoms with Gasteiger partial charge in [-0.3, -0.25) is 4.21 Å². The molecule has 0 aromatic heterocycles. The monoisotopic (exact) mass is 306 g/mol. The second kappa shape index (κ2) is 7.41. The molecular weight excluding hydrogens is 284 g/mol. The van der Waals surface area contributed by atoms with Gasteiger partial charge in [-0.2, -0.15) is 0 Å². The molecule has 0 radical (unpaired) electrons. The number of nitrogens with zero attached hydrogens (tertiary/aromatic N) is 1. The third-order valence-corrected chi connectivity index (χ3v) is 4.41. The van der Waals surface area contributed by atoms with Crippen molar-refractivity contribution < 1.29 is 9.00 Å². The van der Waals surface area contributed by atoms with E-state index in [4.69, 9.17) is 0 Å². The highest BCUT2D eigenvalue weighted by Crippen LogP contribution is 2.20. The minimum absolute atomic E-state index is 0.0746. The summed E-state index contributed by atoms with van der Waals surface area (Å²) in [5.74, 6) is 0.487. The molecule has 0 aliphatic carbocycles. The Morgan fingerprint density at radius 3 is 2.76 bits per heavy atom. The van der Waals surface area contributed by atoms with Crippen molar-refractivity contribution in [1.82, 2.24) is 10.2 Å². The summed E-state index contributed by atoms with van der Waals surface area (Å²) >= 11 is 0. The summed E-state index contributed by atoms with van der Waals surface area (Å²) in [4.78, 5) is 14.1. The van der Waals surface area contributed by atoms with E-state index < -0.39 is 10.8 Å². The lowest BCUT2D eigenvalue weighted by Gasteiger charge is -2.29. The number of rotatable bonds is 4. The number of benzene rings is 1. The largest absolute Gasteiger partial charge is 0.335 e. The molecule has 4 nitrogen and oxygen atoms in total. The van der Waals surface area contributed by atoms with Gasteiger partial charge in [-0.1, -0.05) is 36.4 Å². The fraction of sp³-hybridized carbons (Fsp3) is 0.438. The molecule has 0 unspecified atom stereocenters. The molecule has 1 aromatic rings. The van der Waals surface area contributed by atoms with Crippen LogP contribution in [0.5, 0.6) is 0 Å². The maximum Gasteiger partial charge on any atom is 0.317 e. The van der Waals surface area contributed by atoms with Gasteiger partial charge >= 0.3 is 6.03 Å². The topological polar surface area (TPSA) is 49.4 Å². The maximum atomic E-state index is 12.3. The molecule has 2 atom stereocenters. The Morgan fingerprint density at radius 2 is 2.10 bits per heavy atom. The van der Waals surface area contributed by atoms with Crippen molar-refractivity contribution >= 4 is 22.4 Å². The Bertz CT molecular complexity index is 542. The third kappa shape index (κ3) is 4.70. The normalized spacial score (nSPS) is 17.8. The van der Waals surface area contributed by atoms with Crippen LogP contribution in [0.2, 0.25) is 0 Å². The standard InChI is InChI=1S/C16H22N2O2S/c1-13(12-21(2)20)17-16(19)18-10-6-9-15(11-18)14-7-4-3-5-8-14/h3-5,7-9,13H,6,10-12H2,1-2H3,(H,17,19)/t13-,21-/m0/s1. The Kier molecular flexibility index (Phi) is 5.56. The van der Waals surface area contributed by atoms with E-state index in [-0.39, 0.29) is 12.1 Å². The first-order chi connectivity index (χ1) is 10.1. The minimum atomic E-state index is -0.898. The van der Waals surface area contributed by atoms with Gasteiger partial charge in [-0.15, -0.1) is 0 Å². The van der Waals surface area contributed by atoms with Gasteiger partial charge in [0, 0.05) is 41.9 Å². The zero-order valence-corrected chi connectivity index (χ0v) is 13.4. The van der Waals surface area contributed by atoms with Gasteiger partial charge in [0.1, 0.15) is 0 Å². The smallest absolute Gasteiger partial charge is 0.317 e. The number of carbonyl (C=O) groups is 1. The second-order valence-corrected chi connectivity index (χ2v) is 6.88. The molecule has 21 heavy (non-hydrogen) atoms. The van der Waals surface area contributed by atoms with E-state index in [0.717, 1.165) is 18.5 Å². The lowest BCUT2D eigenvalue weighted by molar-refractivity contribution is 0.201. The van der Waals surface area contributed by atoms with Crippen LogP contribution >= 0.6 is 0 Å². The molecule has 2 amide bonds. The molecule has 0 saturated heterocycles. The van der Waals surface area contributed by atoms with Crippen molar-refractivity contribution in [3.8, 4) is 0 Å². The summed E-state index contributed by atoms with van der Waals surface area (Å²) in [7, 11) is -0.898. The Balaban J connectivity index is 1.95. The number of hydrogen-bond donors (Lipinski definition) is 1. The van der Waals surface area contributed by atoms with Crippen LogP contribution < -0.4 is 5.32 Å². The molecule has 5 heteroatoms. The van der Waals surface area contributed by atoms with Gasteiger partial charge in [0.25, 0.3) is 0 Å². The van der Waals surface area contributed by atoms with E-state index in [1.807, 2.05) is 30.0 Å². The molecule has 0 fully saturated rings. The van der Waals surface area contributed by atoms with Crippen LogP contribution in [-0.4, -0.2) is 46.3 Å². The van der Waals surface area contributed by atoms with E-state index in [1.165, 1.54) is 5.57 Å². The van der Waals surface area contributed by atoms with Crippen molar-refractivity contribution in [3.05, 3.63) is 42.0 Å². The molecule has 1 aliphatic heterocycles. The van der Waals surface area contributed by atoms with Gasteiger partial charge in [0.2, 0.25) is 0 Å².